The third kappa shape index (κ3) is 7.90. The van der Waals surface area contributed by atoms with E-state index in [1.807, 2.05) is 0 Å². The Labute approximate surface area is 254 Å². The minimum absolute atomic E-state index is 0. The lowest BCUT2D eigenvalue weighted by Crippen LogP contribution is -3.00. The van der Waals surface area contributed by atoms with Crippen LogP contribution >= 0.6 is 0 Å². The van der Waals surface area contributed by atoms with E-state index in [2.05, 4.69) is 28.2 Å². The van der Waals surface area contributed by atoms with E-state index in [1.165, 1.54) is 22.6 Å². The summed E-state index contributed by atoms with van der Waals surface area (Å²) in [6.07, 6.45) is 6.24. The van der Waals surface area contributed by atoms with Gasteiger partial charge >= 0.3 is 0 Å². The average Bonchev–Trinajstić information content (AvgIpc) is 3.31. The fourth-order valence-electron chi connectivity index (χ4n) is 5.85. The number of fused-ring (bicyclic) bond motifs is 2. The van der Waals surface area contributed by atoms with Crippen molar-refractivity contribution in [1.82, 2.24) is 9.80 Å². The van der Waals surface area contributed by atoms with Crippen molar-refractivity contribution in [2.45, 2.75) is 38.5 Å². The van der Waals surface area contributed by atoms with Crippen LogP contribution in [0.2, 0.25) is 0 Å². The van der Waals surface area contributed by atoms with Gasteiger partial charge in [-0.15, -0.1) is 0 Å². The Balaban J connectivity index is 0.00000462. The fourth-order valence-corrected chi connectivity index (χ4v) is 5.85. The number of unbranched alkanes of at least 4 members (excludes halogenated alkanes) is 3. The van der Waals surface area contributed by atoms with Gasteiger partial charge in [0.15, 0.2) is 0 Å². The summed E-state index contributed by atoms with van der Waals surface area (Å²) in [6, 6.07) is 14.1. The van der Waals surface area contributed by atoms with Gasteiger partial charge in [0.1, 0.15) is 0 Å². The highest BCUT2D eigenvalue weighted by Crippen LogP contribution is 2.24. The molecule has 0 aromatic heterocycles. The van der Waals surface area contributed by atoms with E-state index in [0.29, 0.717) is 35.3 Å². The summed E-state index contributed by atoms with van der Waals surface area (Å²) >= 11 is 0. The van der Waals surface area contributed by atoms with Crippen LogP contribution in [0.25, 0.3) is 0 Å². The number of hydrogen-bond acceptors (Lipinski definition) is 4. The lowest BCUT2D eigenvalue weighted by atomic mass is 10.1. The summed E-state index contributed by atoms with van der Waals surface area (Å²) in [7, 11) is 8.88. The van der Waals surface area contributed by atoms with E-state index in [4.69, 9.17) is 0 Å². The van der Waals surface area contributed by atoms with Gasteiger partial charge in [0.2, 0.25) is 0 Å². The van der Waals surface area contributed by atoms with Gasteiger partial charge in [-0.1, -0.05) is 24.3 Å². The van der Waals surface area contributed by atoms with Gasteiger partial charge < -0.3 is 25.9 Å². The Morgan fingerprint density at radius 2 is 0.732 bits per heavy atom. The molecule has 0 spiro atoms. The van der Waals surface area contributed by atoms with Crippen molar-refractivity contribution in [3.8, 4) is 0 Å². The molecule has 41 heavy (non-hydrogen) atoms. The summed E-state index contributed by atoms with van der Waals surface area (Å²) in [4.78, 5) is 53.0. The summed E-state index contributed by atoms with van der Waals surface area (Å²) in [5, 5.41) is 0. The van der Waals surface area contributed by atoms with Crippen LogP contribution in [0.3, 0.4) is 0 Å². The van der Waals surface area contributed by atoms with Crippen LogP contribution in [0.15, 0.2) is 48.5 Å². The number of halogens is 1. The SMILES string of the molecule is C[N+](C)(CCCCCC[N+](C)(C)CCCN1C(=O)c2ccccc2C1=O)CCCN1C(=O)c2ccccc2C1=O.[Br-]. The number of benzene rings is 2. The summed E-state index contributed by atoms with van der Waals surface area (Å²) in [5.41, 5.74) is 2.08. The van der Waals surface area contributed by atoms with E-state index in [9.17, 15) is 19.2 Å². The van der Waals surface area contributed by atoms with Crippen LogP contribution in [0.4, 0.5) is 0 Å². The van der Waals surface area contributed by atoms with E-state index in [1.54, 1.807) is 48.5 Å². The first kappa shape index (κ1) is 32.6. The molecule has 2 aliphatic heterocycles. The molecule has 222 valence electrons. The van der Waals surface area contributed by atoms with Crippen LogP contribution < -0.4 is 17.0 Å². The molecule has 4 rings (SSSR count). The number of nitrogens with zero attached hydrogens (tertiary/aromatic N) is 4. The lowest BCUT2D eigenvalue weighted by Gasteiger charge is -2.31. The standard InChI is InChI=1S/C32H44N4O4.BrH/c1-35(2,23-13-19-33-29(37)25-15-7-8-16-26(25)30(33)38)21-11-5-6-12-22-36(3,4)24-14-20-34-31(39)27-17-9-10-18-28(27)32(34)40;/h7-10,15-18H,5-6,11-14,19-24H2,1-4H3;1H/q+2;/p-1. The minimum Gasteiger partial charge on any atom is -1.00 e. The van der Waals surface area contributed by atoms with Crippen LogP contribution in [0, 0.1) is 0 Å². The molecule has 8 nitrogen and oxygen atoms in total. The average molecular weight is 629 g/mol. The Hall–Kier alpha value is -2.88. The zero-order valence-electron chi connectivity index (χ0n) is 24.9. The minimum atomic E-state index is -0.171. The molecule has 0 bridgehead atoms. The number of quaternary nitrogens is 2. The molecule has 0 atom stereocenters. The van der Waals surface area contributed by atoms with Gasteiger partial charge in [0.25, 0.3) is 23.6 Å². The molecule has 4 amide bonds. The number of imide groups is 2. The van der Waals surface area contributed by atoms with Gasteiger partial charge in [-0.05, 0) is 49.9 Å². The highest BCUT2D eigenvalue weighted by molar-refractivity contribution is 6.22. The van der Waals surface area contributed by atoms with Crippen LogP contribution in [0.1, 0.15) is 80.0 Å². The van der Waals surface area contributed by atoms with Gasteiger partial charge in [-0.3, -0.25) is 29.0 Å². The van der Waals surface area contributed by atoms with E-state index in [0.717, 1.165) is 60.8 Å². The molecule has 0 aliphatic carbocycles. The van der Waals surface area contributed by atoms with Crippen molar-refractivity contribution in [3.63, 3.8) is 0 Å². The maximum absolute atomic E-state index is 12.6. The fraction of sp³-hybridized carbons (Fsp3) is 0.500. The zero-order valence-corrected chi connectivity index (χ0v) is 26.5. The van der Waals surface area contributed by atoms with Crippen LogP contribution in [-0.4, -0.2) is 110 Å². The molecule has 2 heterocycles. The topological polar surface area (TPSA) is 74.8 Å². The molecule has 9 heteroatoms. The number of carbonyl (C=O) groups excluding carboxylic acids is 4. The van der Waals surface area contributed by atoms with Crippen LogP contribution in [0.5, 0.6) is 0 Å². The largest absolute Gasteiger partial charge is 1.00 e. The van der Waals surface area contributed by atoms with Crippen molar-refractivity contribution in [2.75, 3.05) is 67.5 Å². The number of carbonyl (C=O) groups is 4. The first-order valence-corrected chi connectivity index (χ1v) is 14.6. The number of rotatable bonds is 15. The maximum atomic E-state index is 12.6. The maximum Gasteiger partial charge on any atom is 0.261 e. The lowest BCUT2D eigenvalue weighted by molar-refractivity contribution is -0.891. The second-order valence-corrected chi connectivity index (χ2v) is 12.5. The normalized spacial score (nSPS) is 14.9. The summed E-state index contributed by atoms with van der Waals surface area (Å²) in [6.45, 7) is 4.91. The Morgan fingerprint density at radius 3 is 1.02 bits per heavy atom. The van der Waals surface area contributed by atoms with E-state index >= 15 is 0 Å². The van der Waals surface area contributed by atoms with Crippen molar-refractivity contribution >= 4 is 23.6 Å². The molecule has 0 fully saturated rings. The quantitative estimate of drug-likeness (QED) is 0.168. The molecule has 0 radical (unpaired) electrons. The Morgan fingerprint density at radius 1 is 0.463 bits per heavy atom. The van der Waals surface area contributed by atoms with Gasteiger partial charge in [-0.2, -0.15) is 0 Å². The molecule has 2 aliphatic rings. The monoisotopic (exact) mass is 627 g/mol. The van der Waals surface area contributed by atoms with E-state index < -0.39 is 0 Å². The second-order valence-electron chi connectivity index (χ2n) is 12.5. The molecule has 0 saturated heterocycles. The third-order valence-corrected chi connectivity index (χ3v) is 8.32. The predicted octanol–water partition coefficient (Wildman–Crippen LogP) is 1.08. The van der Waals surface area contributed by atoms with E-state index in [-0.39, 0.29) is 40.6 Å². The van der Waals surface area contributed by atoms with Gasteiger partial charge in [0.05, 0.1) is 76.6 Å². The molecular formula is C32H44BrN4O4+. The molecular weight excluding hydrogens is 584 g/mol. The molecule has 0 N–H and O–H groups in total. The molecule has 2 aromatic carbocycles. The molecule has 0 unspecified atom stereocenters. The van der Waals surface area contributed by atoms with Crippen molar-refractivity contribution in [2.24, 2.45) is 0 Å². The van der Waals surface area contributed by atoms with Crippen molar-refractivity contribution in [1.29, 1.82) is 0 Å². The van der Waals surface area contributed by atoms with Crippen LogP contribution in [-0.2, 0) is 0 Å². The number of amides is 4. The first-order valence-electron chi connectivity index (χ1n) is 14.6. The number of hydrogen-bond donors (Lipinski definition) is 0. The highest BCUT2D eigenvalue weighted by Gasteiger charge is 2.36. The third-order valence-electron chi connectivity index (χ3n) is 8.32. The van der Waals surface area contributed by atoms with Gasteiger partial charge in [-0.25, -0.2) is 0 Å². The van der Waals surface area contributed by atoms with Gasteiger partial charge in [0, 0.05) is 25.9 Å². The first-order chi connectivity index (χ1) is 19.0. The highest BCUT2D eigenvalue weighted by atomic mass is 79.9. The second kappa shape index (κ2) is 13.9. The smallest absolute Gasteiger partial charge is 0.261 e. The van der Waals surface area contributed by atoms with Crippen molar-refractivity contribution in [3.05, 3.63) is 70.8 Å². The molecule has 2 aromatic rings. The molecule has 0 saturated carbocycles. The van der Waals surface area contributed by atoms with Crippen molar-refractivity contribution < 1.29 is 45.1 Å². The summed E-state index contributed by atoms with van der Waals surface area (Å²) < 4.78 is 1.76. The Kier molecular flexibility index (Phi) is 11.0. The zero-order chi connectivity index (χ0) is 28.9. The predicted molar refractivity (Wildman–Crippen MR) is 155 cm³/mol. The summed E-state index contributed by atoms with van der Waals surface area (Å²) in [5.74, 6) is -0.682. The Bertz CT molecular complexity index is 1110.